The van der Waals surface area contributed by atoms with Crippen LogP contribution in [-0.4, -0.2) is 19.9 Å². The molecule has 0 amide bonds. The number of hydrogen-bond acceptors (Lipinski definition) is 6. The Labute approximate surface area is 263 Å². The highest BCUT2D eigenvalue weighted by Gasteiger charge is 2.18. The van der Waals surface area contributed by atoms with Crippen LogP contribution in [0.5, 0.6) is 0 Å². The molecular formula is C40H24N4O2. The molecule has 0 fully saturated rings. The Morgan fingerprint density at radius 1 is 0.370 bits per heavy atom. The lowest BCUT2D eigenvalue weighted by atomic mass is 10.0. The Morgan fingerprint density at radius 2 is 0.978 bits per heavy atom. The second-order valence-electron chi connectivity index (χ2n) is 11.1. The predicted octanol–water partition coefficient (Wildman–Crippen LogP) is 10.2. The van der Waals surface area contributed by atoms with E-state index in [2.05, 4.69) is 36.4 Å². The van der Waals surface area contributed by atoms with E-state index in [1.165, 1.54) is 0 Å². The van der Waals surface area contributed by atoms with Gasteiger partial charge < -0.3 is 8.83 Å². The largest absolute Gasteiger partial charge is 0.455 e. The zero-order valence-corrected chi connectivity index (χ0v) is 24.5. The van der Waals surface area contributed by atoms with Gasteiger partial charge in [-0.2, -0.15) is 0 Å². The topological polar surface area (TPSA) is 77.8 Å². The van der Waals surface area contributed by atoms with Crippen molar-refractivity contribution >= 4 is 33.0 Å². The summed E-state index contributed by atoms with van der Waals surface area (Å²) in [6.07, 6.45) is 0. The first kappa shape index (κ1) is 26.0. The molecule has 0 unspecified atom stereocenters. The van der Waals surface area contributed by atoms with Gasteiger partial charge in [-0.25, -0.2) is 19.9 Å². The van der Waals surface area contributed by atoms with Crippen molar-refractivity contribution in [1.29, 1.82) is 0 Å². The van der Waals surface area contributed by atoms with Gasteiger partial charge in [0.2, 0.25) is 5.89 Å². The van der Waals surface area contributed by atoms with Crippen molar-refractivity contribution < 1.29 is 8.83 Å². The number of fused-ring (bicyclic) bond motifs is 4. The Kier molecular flexibility index (Phi) is 6.03. The van der Waals surface area contributed by atoms with Gasteiger partial charge in [0.1, 0.15) is 16.7 Å². The van der Waals surface area contributed by atoms with Crippen molar-refractivity contribution in [1.82, 2.24) is 19.9 Å². The number of rotatable bonds is 5. The van der Waals surface area contributed by atoms with Gasteiger partial charge in [0.25, 0.3) is 0 Å². The summed E-state index contributed by atoms with van der Waals surface area (Å²) in [4.78, 5) is 19.5. The van der Waals surface area contributed by atoms with E-state index in [1.807, 2.05) is 109 Å². The highest BCUT2D eigenvalue weighted by molar-refractivity contribution is 6.10. The van der Waals surface area contributed by atoms with E-state index < -0.39 is 0 Å². The summed E-state index contributed by atoms with van der Waals surface area (Å²) >= 11 is 0. The first-order valence-electron chi connectivity index (χ1n) is 15.1. The van der Waals surface area contributed by atoms with E-state index >= 15 is 0 Å². The second-order valence-corrected chi connectivity index (χ2v) is 11.1. The summed E-state index contributed by atoms with van der Waals surface area (Å²) in [5.74, 6) is 2.39. The van der Waals surface area contributed by atoms with Crippen LogP contribution in [-0.2, 0) is 0 Å². The predicted molar refractivity (Wildman–Crippen MR) is 182 cm³/mol. The minimum absolute atomic E-state index is 0.559. The van der Waals surface area contributed by atoms with Crippen LogP contribution in [0.2, 0.25) is 0 Å². The summed E-state index contributed by atoms with van der Waals surface area (Å²) < 4.78 is 12.6. The van der Waals surface area contributed by atoms with Crippen LogP contribution < -0.4 is 0 Å². The van der Waals surface area contributed by atoms with E-state index in [1.54, 1.807) is 0 Å². The molecular weight excluding hydrogens is 568 g/mol. The second kappa shape index (κ2) is 10.6. The van der Waals surface area contributed by atoms with Gasteiger partial charge in [0, 0.05) is 27.5 Å². The molecule has 3 heterocycles. The van der Waals surface area contributed by atoms with Crippen LogP contribution >= 0.6 is 0 Å². The number of furan rings is 1. The van der Waals surface area contributed by atoms with Gasteiger partial charge in [0.05, 0.1) is 5.56 Å². The molecule has 0 spiro atoms. The summed E-state index contributed by atoms with van der Waals surface area (Å²) in [7, 11) is 0. The fourth-order valence-corrected chi connectivity index (χ4v) is 5.89. The van der Waals surface area contributed by atoms with Crippen LogP contribution in [0.15, 0.2) is 154 Å². The lowest BCUT2D eigenvalue weighted by Crippen LogP contribution is -2.00. The summed E-state index contributed by atoms with van der Waals surface area (Å²) in [6, 6.07) is 48.4. The van der Waals surface area contributed by atoms with Crippen LogP contribution in [0.3, 0.4) is 0 Å². The van der Waals surface area contributed by atoms with Crippen molar-refractivity contribution in [2.24, 2.45) is 0 Å². The summed E-state index contributed by atoms with van der Waals surface area (Å²) in [6.45, 7) is 0. The first-order valence-corrected chi connectivity index (χ1v) is 15.1. The molecule has 6 heteroatoms. The average Bonchev–Trinajstić information content (AvgIpc) is 3.73. The maximum absolute atomic E-state index is 6.61. The molecule has 3 aromatic heterocycles. The Balaban J connectivity index is 1.16. The van der Waals surface area contributed by atoms with E-state index in [-0.39, 0.29) is 0 Å². The van der Waals surface area contributed by atoms with Gasteiger partial charge in [0.15, 0.2) is 23.1 Å². The van der Waals surface area contributed by atoms with Gasteiger partial charge in [-0.05, 0) is 53.6 Å². The molecule has 0 atom stereocenters. The lowest BCUT2D eigenvalue weighted by molar-refractivity contribution is 0.620. The minimum atomic E-state index is 0.559. The maximum Gasteiger partial charge on any atom is 0.227 e. The van der Waals surface area contributed by atoms with Crippen molar-refractivity contribution in [3.8, 4) is 56.7 Å². The van der Waals surface area contributed by atoms with Gasteiger partial charge in [-0.3, -0.25) is 0 Å². The van der Waals surface area contributed by atoms with Gasteiger partial charge >= 0.3 is 0 Å². The molecule has 0 aliphatic carbocycles. The number of nitrogens with zero attached hydrogens (tertiary/aromatic N) is 4. The average molecular weight is 593 g/mol. The van der Waals surface area contributed by atoms with Crippen LogP contribution in [0.25, 0.3) is 89.8 Å². The minimum Gasteiger partial charge on any atom is -0.455 e. The van der Waals surface area contributed by atoms with E-state index in [0.717, 1.165) is 66.4 Å². The third-order valence-corrected chi connectivity index (χ3v) is 8.18. The van der Waals surface area contributed by atoms with Crippen LogP contribution in [0, 0.1) is 0 Å². The van der Waals surface area contributed by atoms with E-state index in [0.29, 0.717) is 23.4 Å². The third-order valence-electron chi connectivity index (χ3n) is 8.18. The van der Waals surface area contributed by atoms with Crippen molar-refractivity contribution in [3.63, 3.8) is 0 Å². The highest BCUT2D eigenvalue weighted by atomic mass is 16.3. The fourth-order valence-electron chi connectivity index (χ4n) is 5.89. The molecule has 9 aromatic rings. The lowest BCUT2D eigenvalue weighted by Gasteiger charge is -2.08. The standard InChI is InChI=1S/C40H24N4O2/c1-4-11-25(12-5-1)37-42-38(26-13-6-2-7-14-26)44-39(43-37)32-18-10-17-31-30-21-19-29(24-35(30)45-36(31)32)28-20-22-34-33(23-28)41-40(46-34)27-15-8-3-9-16-27/h1-24H. The normalized spacial score (nSPS) is 11.5. The van der Waals surface area contributed by atoms with Gasteiger partial charge in [-0.1, -0.05) is 103 Å². The molecule has 0 aliphatic heterocycles. The maximum atomic E-state index is 6.61. The Bertz CT molecular complexity index is 2460. The molecule has 216 valence electrons. The zero-order chi connectivity index (χ0) is 30.5. The molecule has 6 aromatic carbocycles. The van der Waals surface area contributed by atoms with Crippen molar-refractivity contribution in [2.45, 2.75) is 0 Å². The fraction of sp³-hybridized carbons (Fsp3) is 0. The molecule has 0 saturated carbocycles. The zero-order valence-electron chi connectivity index (χ0n) is 24.5. The quantitative estimate of drug-likeness (QED) is 0.198. The monoisotopic (exact) mass is 592 g/mol. The Morgan fingerprint density at radius 3 is 1.67 bits per heavy atom. The molecule has 0 aliphatic rings. The highest BCUT2D eigenvalue weighted by Crippen LogP contribution is 2.38. The molecule has 0 N–H and O–H groups in total. The molecule has 0 radical (unpaired) electrons. The van der Waals surface area contributed by atoms with Crippen molar-refractivity contribution in [2.75, 3.05) is 0 Å². The van der Waals surface area contributed by atoms with Crippen LogP contribution in [0.4, 0.5) is 0 Å². The number of oxazole rings is 1. The molecule has 0 bridgehead atoms. The number of para-hydroxylation sites is 1. The summed E-state index contributed by atoms with van der Waals surface area (Å²) in [5, 5.41) is 2.02. The molecule has 46 heavy (non-hydrogen) atoms. The number of benzene rings is 6. The molecule has 6 nitrogen and oxygen atoms in total. The molecule has 0 saturated heterocycles. The van der Waals surface area contributed by atoms with Gasteiger partial charge in [-0.15, -0.1) is 0 Å². The number of hydrogen-bond donors (Lipinski definition) is 0. The van der Waals surface area contributed by atoms with Crippen LogP contribution in [0.1, 0.15) is 0 Å². The van der Waals surface area contributed by atoms with Crippen molar-refractivity contribution in [3.05, 3.63) is 146 Å². The Hall–Kier alpha value is -6.40. The molecule has 9 rings (SSSR count). The first-order chi connectivity index (χ1) is 22.8. The van der Waals surface area contributed by atoms with E-state index in [4.69, 9.17) is 28.8 Å². The van der Waals surface area contributed by atoms with E-state index in [9.17, 15) is 0 Å². The SMILES string of the molecule is c1ccc(-c2nc(-c3ccccc3)nc(-c3cccc4c3oc3cc(-c5ccc6oc(-c7ccccc7)nc6c5)ccc34)n2)cc1. The number of aromatic nitrogens is 4. The summed E-state index contributed by atoms with van der Waals surface area (Å²) in [5.41, 5.74) is 8.73. The smallest absolute Gasteiger partial charge is 0.227 e. The third kappa shape index (κ3) is 4.52.